The van der Waals surface area contributed by atoms with Gasteiger partial charge in [0.05, 0.1) is 0 Å². The summed E-state index contributed by atoms with van der Waals surface area (Å²) < 4.78 is 0. The van der Waals surface area contributed by atoms with E-state index in [1.807, 2.05) is 0 Å². The predicted octanol–water partition coefficient (Wildman–Crippen LogP) is 2.47. The van der Waals surface area contributed by atoms with Crippen LogP contribution in [0.5, 0.6) is 0 Å². The SMILES string of the molecule is C=C(C)CCCCC(C)N. The molecule has 0 spiro atoms. The number of rotatable bonds is 5. The van der Waals surface area contributed by atoms with Gasteiger partial charge in [-0.25, -0.2) is 0 Å². The highest BCUT2D eigenvalue weighted by molar-refractivity contribution is 4.87. The molecule has 0 aliphatic carbocycles. The molecule has 0 aromatic heterocycles. The Balaban J connectivity index is 2.98. The lowest BCUT2D eigenvalue weighted by Crippen LogP contribution is -2.13. The second-order valence-electron chi connectivity index (χ2n) is 3.18. The zero-order chi connectivity index (χ0) is 7.98. The molecule has 60 valence electrons. The van der Waals surface area contributed by atoms with Crippen molar-refractivity contribution in [1.29, 1.82) is 0 Å². The van der Waals surface area contributed by atoms with Crippen LogP contribution in [0.2, 0.25) is 0 Å². The normalized spacial score (nSPS) is 13.1. The van der Waals surface area contributed by atoms with Crippen LogP contribution in [-0.4, -0.2) is 6.04 Å². The summed E-state index contributed by atoms with van der Waals surface area (Å²) in [6.45, 7) is 7.97. The molecular formula is C9H19N. The van der Waals surface area contributed by atoms with E-state index in [0.717, 1.165) is 12.8 Å². The standard InChI is InChI=1S/C9H19N/c1-8(2)6-4-5-7-9(3)10/h9H,1,4-7,10H2,2-3H3. The first-order valence-electron chi connectivity index (χ1n) is 4.03. The molecule has 0 rings (SSSR count). The molecule has 0 bridgehead atoms. The summed E-state index contributed by atoms with van der Waals surface area (Å²) in [4.78, 5) is 0. The predicted molar refractivity (Wildman–Crippen MR) is 46.9 cm³/mol. The summed E-state index contributed by atoms with van der Waals surface area (Å²) in [5.74, 6) is 0. The van der Waals surface area contributed by atoms with Crippen LogP contribution >= 0.6 is 0 Å². The summed E-state index contributed by atoms with van der Waals surface area (Å²) >= 11 is 0. The fraction of sp³-hybridized carbons (Fsp3) is 0.778. The average Bonchev–Trinajstić information content (AvgIpc) is 1.79. The largest absolute Gasteiger partial charge is 0.328 e. The molecule has 1 atom stereocenters. The van der Waals surface area contributed by atoms with Gasteiger partial charge in [-0.1, -0.05) is 12.0 Å². The highest BCUT2D eigenvalue weighted by Crippen LogP contribution is 2.06. The summed E-state index contributed by atoms with van der Waals surface area (Å²) in [5, 5.41) is 0. The molecule has 0 fully saturated rings. The fourth-order valence-corrected chi connectivity index (χ4v) is 0.893. The lowest BCUT2D eigenvalue weighted by molar-refractivity contribution is 0.597. The van der Waals surface area contributed by atoms with Crippen LogP contribution in [-0.2, 0) is 0 Å². The van der Waals surface area contributed by atoms with Gasteiger partial charge in [0.15, 0.2) is 0 Å². The smallest absolute Gasteiger partial charge is 0.00104 e. The van der Waals surface area contributed by atoms with E-state index in [4.69, 9.17) is 5.73 Å². The molecule has 0 heterocycles. The van der Waals surface area contributed by atoms with Crippen LogP contribution in [0.4, 0.5) is 0 Å². The lowest BCUT2D eigenvalue weighted by Gasteiger charge is -2.03. The van der Waals surface area contributed by atoms with E-state index in [-0.39, 0.29) is 0 Å². The molecular weight excluding hydrogens is 122 g/mol. The van der Waals surface area contributed by atoms with Gasteiger partial charge in [-0.2, -0.15) is 0 Å². The molecule has 0 radical (unpaired) electrons. The van der Waals surface area contributed by atoms with Crippen LogP contribution < -0.4 is 5.73 Å². The number of hydrogen-bond acceptors (Lipinski definition) is 1. The van der Waals surface area contributed by atoms with Crippen LogP contribution in [0.1, 0.15) is 39.5 Å². The second kappa shape index (κ2) is 5.48. The summed E-state index contributed by atoms with van der Waals surface area (Å²) in [6, 6.07) is 0.366. The molecule has 0 amide bonds. The lowest BCUT2D eigenvalue weighted by atomic mass is 10.1. The average molecular weight is 141 g/mol. The van der Waals surface area contributed by atoms with Gasteiger partial charge >= 0.3 is 0 Å². The highest BCUT2D eigenvalue weighted by atomic mass is 14.6. The van der Waals surface area contributed by atoms with E-state index in [0.29, 0.717) is 6.04 Å². The zero-order valence-electron chi connectivity index (χ0n) is 7.19. The van der Waals surface area contributed by atoms with Crippen LogP contribution in [0.25, 0.3) is 0 Å². The number of hydrogen-bond donors (Lipinski definition) is 1. The van der Waals surface area contributed by atoms with Crippen molar-refractivity contribution in [1.82, 2.24) is 0 Å². The Labute approximate surface area is 64.3 Å². The van der Waals surface area contributed by atoms with Crippen LogP contribution in [0.15, 0.2) is 12.2 Å². The monoisotopic (exact) mass is 141 g/mol. The summed E-state index contributed by atoms with van der Waals surface area (Å²) in [5.41, 5.74) is 6.87. The van der Waals surface area contributed by atoms with Gasteiger partial charge in [-0.05, 0) is 33.1 Å². The third kappa shape index (κ3) is 7.70. The Hall–Kier alpha value is -0.300. The zero-order valence-corrected chi connectivity index (χ0v) is 7.19. The summed E-state index contributed by atoms with van der Waals surface area (Å²) in [6.07, 6.45) is 4.79. The van der Waals surface area contributed by atoms with Crippen LogP contribution in [0, 0.1) is 0 Å². The van der Waals surface area contributed by atoms with Gasteiger partial charge in [0, 0.05) is 6.04 Å². The maximum atomic E-state index is 5.59. The van der Waals surface area contributed by atoms with Gasteiger partial charge in [0.2, 0.25) is 0 Å². The minimum Gasteiger partial charge on any atom is -0.328 e. The Kier molecular flexibility index (Phi) is 5.32. The minimum absolute atomic E-state index is 0.366. The topological polar surface area (TPSA) is 26.0 Å². The second-order valence-corrected chi connectivity index (χ2v) is 3.18. The molecule has 0 aromatic carbocycles. The van der Waals surface area contributed by atoms with Crippen molar-refractivity contribution in [2.24, 2.45) is 5.73 Å². The van der Waals surface area contributed by atoms with E-state index < -0.39 is 0 Å². The van der Waals surface area contributed by atoms with Crippen molar-refractivity contribution < 1.29 is 0 Å². The first-order chi connectivity index (χ1) is 4.63. The van der Waals surface area contributed by atoms with Crippen molar-refractivity contribution in [3.05, 3.63) is 12.2 Å². The van der Waals surface area contributed by atoms with Crippen molar-refractivity contribution in [2.45, 2.75) is 45.6 Å². The minimum atomic E-state index is 0.366. The van der Waals surface area contributed by atoms with Gasteiger partial charge in [-0.15, -0.1) is 6.58 Å². The van der Waals surface area contributed by atoms with Crippen LogP contribution in [0.3, 0.4) is 0 Å². The Morgan fingerprint density at radius 1 is 1.50 bits per heavy atom. The van der Waals surface area contributed by atoms with Crippen molar-refractivity contribution in [3.63, 3.8) is 0 Å². The molecule has 1 unspecified atom stereocenters. The third-order valence-corrected chi connectivity index (χ3v) is 1.51. The van der Waals surface area contributed by atoms with Gasteiger partial charge < -0.3 is 5.73 Å². The fourth-order valence-electron chi connectivity index (χ4n) is 0.893. The molecule has 10 heavy (non-hydrogen) atoms. The molecule has 0 saturated heterocycles. The molecule has 0 aromatic rings. The van der Waals surface area contributed by atoms with Gasteiger partial charge in [0.25, 0.3) is 0 Å². The number of unbranched alkanes of at least 4 members (excludes halogenated alkanes) is 1. The number of nitrogens with two attached hydrogens (primary N) is 1. The molecule has 0 aliphatic rings. The van der Waals surface area contributed by atoms with Gasteiger partial charge in [0.1, 0.15) is 0 Å². The first kappa shape index (κ1) is 9.70. The van der Waals surface area contributed by atoms with E-state index in [1.54, 1.807) is 0 Å². The van der Waals surface area contributed by atoms with Crippen molar-refractivity contribution in [3.8, 4) is 0 Å². The van der Waals surface area contributed by atoms with E-state index >= 15 is 0 Å². The number of allylic oxidation sites excluding steroid dienone is 1. The van der Waals surface area contributed by atoms with E-state index in [1.165, 1.54) is 18.4 Å². The Bertz CT molecular complexity index is 94.9. The summed E-state index contributed by atoms with van der Waals surface area (Å²) in [7, 11) is 0. The molecule has 1 heteroatoms. The Morgan fingerprint density at radius 2 is 2.10 bits per heavy atom. The van der Waals surface area contributed by atoms with Crippen molar-refractivity contribution >= 4 is 0 Å². The van der Waals surface area contributed by atoms with E-state index in [9.17, 15) is 0 Å². The first-order valence-corrected chi connectivity index (χ1v) is 4.03. The Morgan fingerprint density at radius 3 is 2.50 bits per heavy atom. The van der Waals surface area contributed by atoms with Crippen molar-refractivity contribution in [2.75, 3.05) is 0 Å². The van der Waals surface area contributed by atoms with Gasteiger partial charge in [-0.3, -0.25) is 0 Å². The third-order valence-electron chi connectivity index (χ3n) is 1.51. The maximum absolute atomic E-state index is 5.59. The van der Waals surface area contributed by atoms with E-state index in [2.05, 4.69) is 20.4 Å². The molecule has 0 saturated carbocycles. The quantitative estimate of drug-likeness (QED) is 0.462. The maximum Gasteiger partial charge on any atom is 0.00104 e. The molecule has 0 aliphatic heterocycles. The molecule has 2 N–H and O–H groups in total. The highest BCUT2D eigenvalue weighted by Gasteiger charge is 1.93. The molecule has 1 nitrogen and oxygen atoms in total.